The van der Waals surface area contributed by atoms with Crippen LogP contribution in [0, 0.1) is 11.6 Å². The molecule has 21 heavy (non-hydrogen) atoms. The molecule has 0 aromatic carbocycles. The van der Waals surface area contributed by atoms with Crippen molar-refractivity contribution in [1.29, 1.82) is 0 Å². The van der Waals surface area contributed by atoms with Crippen LogP contribution in [-0.2, 0) is 9.84 Å². The Labute approximate surface area is 121 Å². The fourth-order valence-electron chi connectivity index (χ4n) is 1.93. The molecule has 0 aliphatic carbocycles. The summed E-state index contributed by atoms with van der Waals surface area (Å²) in [5, 5.41) is 3.01. The van der Waals surface area contributed by atoms with Crippen LogP contribution < -0.4 is 5.32 Å². The minimum absolute atomic E-state index is 0.0319. The normalized spacial score (nSPS) is 13.7. The van der Waals surface area contributed by atoms with E-state index in [4.69, 9.17) is 0 Å². The van der Waals surface area contributed by atoms with Gasteiger partial charge in [-0.05, 0) is 6.92 Å². The van der Waals surface area contributed by atoms with Gasteiger partial charge < -0.3 is 9.72 Å². The van der Waals surface area contributed by atoms with Gasteiger partial charge in [0.15, 0.2) is 21.3 Å². The molecule has 0 spiro atoms. The number of pyridine rings is 1. The molecule has 0 bridgehead atoms. The van der Waals surface area contributed by atoms with E-state index in [1.54, 1.807) is 13.8 Å². The monoisotopic (exact) mass is 317 g/mol. The summed E-state index contributed by atoms with van der Waals surface area (Å²) in [5.41, 5.74) is 0.564. The maximum absolute atomic E-state index is 13.6. The van der Waals surface area contributed by atoms with E-state index in [9.17, 15) is 17.2 Å². The number of nitrogens with one attached hydrogen (secondary N) is 1. The zero-order valence-electron chi connectivity index (χ0n) is 11.8. The van der Waals surface area contributed by atoms with E-state index in [0.29, 0.717) is 5.69 Å². The van der Waals surface area contributed by atoms with Crippen LogP contribution in [0.25, 0.3) is 5.65 Å². The molecule has 0 amide bonds. The topological polar surface area (TPSA) is 63.5 Å². The van der Waals surface area contributed by atoms with Gasteiger partial charge >= 0.3 is 0 Å². The van der Waals surface area contributed by atoms with Gasteiger partial charge in [0.05, 0.1) is 11.4 Å². The maximum Gasteiger partial charge on any atom is 0.173 e. The van der Waals surface area contributed by atoms with Gasteiger partial charge in [-0.1, -0.05) is 6.92 Å². The minimum Gasteiger partial charge on any atom is -0.308 e. The summed E-state index contributed by atoms with van der Waals surface area (Å²) in [6.45, 7) is 3.66. The number of aromatic nitrogens is 2. The van der Waals surface area contributed by atoms with E-state index in [1.165, 1.54) is 10.6 Å². The number of halogens is 2. The SMILES string of the molecule is CCS(=O)(=O)CCN[C@H](C)c1cn2cc(F)cc(F)c2n1. The van der Waals surface area contributed by atoms with Crippen LogP contribution in [0.1, 0.15) is 25.6 Å². The number of fused-ring (bicyclic) bond motifs is 1. The average Bonchev–Trinajstić information content (AvgIpc) is 2.82. The second kappa shape index (κ2) is 6.07. The second-order valence-corrected chi connectivity index (χ2v) is 7.29. The Balaban J connectivity index is 2.09. The summed E-state index contributed by atoms with van der Waals surface area (Å²) in [4.78, 5) is 4.10. The van der Waals surface area contributed by atoms with Crippen molar-refractivity contribution in [3.05, 3.63) is 35.8 Å². The Morgan fingerprint density at radius 1 is 1.38 bits per heavy atom. The lowest BCUT2D eigenvalue weighted by molar-refractivity contribution is 0.567. The van der Waals surface area contributed by atoms with Crippen LogP contribution in [0.15, 0.2) is 18.5 Å². The van der Waals surface area contributed by atoms with Crippen molar-refractivity contribution in [2.75, 3.05) is 18.1 Å². The zero-order valence-corrected chi connectivity index (χ0v) is 12.6. The van der Waals surface area contributed by atoms with Gasteiger partial charge in [-0.3, -0.25) is 0 Å². The number of sulfone groups is 1. The Morgan fingerprint density at radius 2 is 2.10 bits per heavy atom. The first-order valence-electron chi connectivity index (χ1n) is 6.60. The number of imidazole rings is 1. The summed E-state index contributed by atoms with van der Waals surface area (Å²) < 4.78 is 50.7. The summed E-state index contributed by atoms with van der Waals surface area (Å²) in [7, 11) is -3.03. The van der Waals surface area contributed by atoms with E-state index in [1.807, 2.05) is 0 Å². The summed E-state index contributed by atoms with van der Waals surface area (Å²) in [5.74, 6) is -1.29. The molecular weight excluding hydrogens is 300 g/mol. The first-order valence-corrected chi connectivity index (χ1v) is 8.42. The van der Waals surface area contributed by atoms with Crippen LogP contribution >= 0.6 is 0 Å². The fraction of sp³-hybridized carbons (Fsp3) is 0.462. The minimum atomic E-state index is -3.03. The molecule has 2 aromatic heterocycles. The van der Waals surface area contributed by atoms with Gasteiger partial charge in [0.25, 0.3) is 0 Å². The number of hydrogen-bond acceptors (Lipinski definition) is 4. The second-order valence-electron chi connectivity index (χ2n) is 4.82. The van der Waals surface area contributed by atoms with Crippen molar-refractivity contribution >= 4 is 15.5 Å². The lowest BCUT2D eigenvalue weighted by Crippen LogP contribution is -2.26. The smallest absolute Gasteiger partial charge is 0.173 e. The largest absolute Gasteiger partial charge is 0.308 e. The summed E-state index contributed by atoms with van der Waals surface area (Å²) >= 11 is 0. The molecule has 2 aromatic rings. The molecular formula is C13H17F2N3O2S. The van der Waals surface area contributed by atoms with E-state index < -0.39 is 21.5 Å². The highest BCUT2D eigenvalue weighted by Crippen LogP contribution is 2.16. The lowest BCUT2D eigenvalue weighted by atomic mass is 10.2. The lowest BCUT2D eigenvalue weighted by Gasteiger charge is -2.10. The molecule has 0 aliphatic heterocycles. The van der Waals surface area contributed by atoms with Crippen LogP contribution in [0.5, 0.6) is 0 Å². The van der Waals surface area contributed by atoms with Gasteiger partial charge in [-0.2, -0.15) is 0 Å². The van der Waals surface area contributed by atoms with Crippen molar-refractivity contribution in [2.24, 2.45) is 0 Å². The molecule has 5 nitrogen and oxygen atoms in total. The van der Waals surface area contributed by atoms with Crippen molar-refractivity contribution in [1.82, 2.24) is 14.7 Å². The molecule has 1 atom stereocenters. The van der Waals surface area contributed by atoms with Crippen LogP contribution in [0.4, 0.5) is 8.78 Å². The van der Waals surface area contributed by atoms with Crippen molar-refractivity contribution in [3.8, 4) is 0 Å². The highest BCUT2D eigenvalue weighted by atomic mass is 32.2. The molecule has 1 N–H and O–H groups in total. The molecule has 0 unspecified atom stereocenters. The van der Waals surface area contributed by atoms with Gasteiger partial charge in [-0.25, -0.2) is 22.2 Å². The van der Waals surface area contributed by atoms with E-state index in [2.05, 4.69) is 10.3 Å². The quantitative estimate of drug-likeness (QED) is 0.881. The highest BCUT2D eigenvalue weighted by molar-refractivity contribution is 7.91. The van der Waals surface area contributed by atoms with Crippen LogP contribution in [-0.4, -0.2) is 35.9 Å². The summed E-state index contributed by atoms with van der Waals surface area (Å²) in [6, 6.07) is 0.511. The maximum atomic E-state index is 13.6. The Bertz CT molecular complexity index is 743. The Hall–Kier alpha value is -1.54. The third kappa shape index (κ3) is 3.76. The molecule has 2 heterocycles. The first kappa shape index (κ1) is 15.8. The number of rotatable bonds is 6. The summed E-state index contributed by atoms with van der Waals surface area (Å²) in [6.07, 6.45) is 2.66. The average molecular weight is 317 g/mol. The Kier molecular flexibility index (Phi) is 4.58. The van der Waals surface area contributed by atoms with Crippen LogP contribution in [0.2, 0.25) is 0 Å². The van der Waals surface area contributed by atoms with Gasteiger partial charge in [-0.15, -0.1) is 0 Å². The van der Waals surface area contributed by atoms with Crippen molar-refractivity contribution < 1.29 is 17.2 Å². The van der Waals surface area contributed by atoms with E-state index in [-0.39, 0.29) is 29.7 Å². The molecule has 116 valence electrons. The zero-order chi connectivity index (χ0) is 15.6. The van der Waals surface area contributed by atoms with Crippen LogP contribution in [0.3, 0.4) is 0 Å². The van der Waals surface area contributed by atoms with Crippen molar-refractivity contribution in [2.45, 2.75) is 19.9 Å². The molecule has 2 rings (SSSR count). The molecule has 0 aliphatic rings. The third-order valence-electron chi connectivity index (χ3n) is 3.24. The number of nitrogens with zero attached hydrogens (tertiary/aromatic N) is 2. The van der Waals surface area contributed by atoms with E-state index >= 15 is 0 Å². The number of hydrogen-bond donors (Lipinski definition) is 1. The molecule has 0 saturated carbocycles. The van der Waals surface area contributed by atoms with Gasteiger partial charge in [0.2, 0.25) is 0 Å². The fourth-order valence-corrected chi connectivity index (χ4v) is 2.65. The van der Waals surface area contributed by atoms with Gasteiger partial charge in [0, 0.05) is 36.8 Å². The molecule has 8 heteroatoms. The first-order chi connectivity index (χ1) is 9.82. The van der Waals surface area contributed by atoms with Crippen molar-refractivity contribution in [3.63, 3.8) is 0 Å². The Morgan fingerprint density at radius 3 is 2.76 bits per heavy atom. The predicted octanol–water partition coefficient (Wildman–Crippen LogP) is 1.70. The molecule has 0 fully saturated rings. The predicted molar refractivity (Wildman–Crippen MR) is 75.9 cm³/mol. The van der Waals surface area contributed by atoms with E-state index in [0.717, 1.165) is 12.3 Å². The highest BCUT2D eigenvalue weighted by Gasteiger charge is 2.14. The van der Waals surface area contributed by atoms with Gasteiger partial charge in [0.1, 0.15) is 5.82 Å². The third-order valence-corrected chi connectivity index (χ3v) is 4.94. The molecule has 0 radical (unpaired) electrons. The molecule has 0 saturated heterocycles. The standard InChI is InChI=1S/C13H17F2N3O2S/c1-3-21(19,20)5-4-16-9(2)12-8-18-7-10(14)6-11(15)13(18)17-12/h6-9,16H,3-5H2,1-2H3/t9-/m1/s1.